The normalized spacial score (nSPS) is 11.8. The maximum atomic E-state index is 4.85. The average molecular weight is 303 g/mol. The first-order valence-corrected chi connectivity index (χ1v) is 8.41. The Bertz CT molecular complexity index is 555. The summed E-state index contributed by atoms with van der Waals surface area (Å²) in [6.07, 6.45) is 6.81. The Morgan fingerprint density at radius 2 is 2.10 bits per heavy atom. The first-order valence-electron chi connectivity index (χ1n) is 7.59. The molecule has 0 bridgehead atoms. The first kappa shape index (κ1) is 16.1. The Morgan fingerprint density at radius 1 is 1.29 bits per heavy atom. The predicted molar refractivity (Wildman–Crippen MR) is 89.7 cm³/mol. The SMILES string of the molecule is CCCc1nc(Cc2cccnc2)sc1CNC(C)(C)C. The van der Waals surface area contributed by atoms with Gasteiger partial charge in [-0.1, -0.05) is 19.4 Å². The van der Waals surface area contributed by atoms with Gasteiger partial charge in [0.05, 0.1) is 10.7 Å². The lowest BCUT2D eigenvalue weighted by molar-refractivity contribution is 0.425. The second kappa shape index (κ2) is 7.14. The number of nitrogens with zero attached hydrogens (tertiary/aromatic N) is 2. The number of aromatic nitrogens is 2. The maximum absolute atomic E-state index is 4.85. The van der Waals surface area contributed by atoms with Gasteiger partial charge in [-0.2, -0.15) is 0 Å². The summed E-state index contributed by atoms with van der Waals surface area (Å²) in [6.45, 7) is 9.71. The summed E-state index contributed by atoms with van der Waals surface area (Å²) in [5, 5.41) is 4.76. The van der Waals surface area contributed by atoms with E-state index in [0.29, 0.717) is 0 Å². The van der Waals surface area contributed by atoms with Crippen LogP contribution in [0.2, 0.25) is 0 Å². The molecule has 0 spiro atoms. The van der Waals surface area contributed by atoms with E-state index >= 15 is 0 Å². The van der Waals surface area contributed by atoms with Gasteiger partial charge in [-0.05, 0) is 38.8 Å². The van der Waals surface area contributed by atoms with Crippen LogP contribution >= 0.6 is 11.3 Å². The van der Waals surface area contributed by atoms with Crippen molar-refractivity contribution in [3.63, 3.8) is 0 Å². The molecule has 4 heteroatoms. The standard InChI is InChI=1S/C17H25N3S/c1-5-7-14-15(12-19-17(2,3)4)21-16(20-14)10-13-8-6-9-18-11-13/h6,8-9,11,19H,5,7,10,12H2,1-4H3. The van der Waals surface area contributed by atoms with Gasteiger partial charge in [0.15, 0.2) is 0 Å². The number of thiazole rings is 1. The lowest BCUT2D eigenvalue weighted by Crippen LogP contribution is -2.35. The molecule has 114 valence electrons. The molecule has 0 fully saturated rings. The Hall–Kier alpha value is -1.26. The Morgan fingerprint density at radius 3 is 2.71 bits per heavy atom. The molecule has 0 aliphatic heterocycles. The van der Waals surface area contributed by atoms with Crippen LogP contribution < -0.4 is 5.32 Å². The second-order valence-corrected chi connectivity index (χ2v) is 7.54. The van der Waals surface area contributed by atoms with Gasteiger partial charge in [-0.15, -0.1) is 11.3 Å². The smallest absolute Gasteiger partial charge is 0.0976 e. The van der Waals surface area contributed by atoms with Gasteiger partial charge < -0.3 is 5.32 Å². The molecule has 0 saturated carbocycles. The molecule has 0 radical (unpaired) electrons. The predicted octanol–water partition coefficient (Wildman–Crippen LogP) is 3.97. The molecule has 2 heterocycles. The van der Waals surface area contributed by atoms with Crippen molar-refractivity contribution in [2.75, 3.05) is 0 Å². The van der Waals surface area contributed by atoms with Gasteiger partial charge in [0.1, 0.15) is 0 Å². The molecular formula is C17H25N3S. The zero-order valence-corrected chi connectivity index (χ0v) is 14.3. The molecule has 2 aromatic rings. The van der Waals surface area contributed by atoms with E-state index in [-0.39, 0.29) is 5.54 Å². The zero-order chi connectivity index (χ0) is 15.3. The van der Waals surface area contributed by atoms with Gasteiger partial charge in [-0.25, -0.2) is 4.98 Å². The lowest BCUT2D eigenvalue weighted by Gasteiger charge is -2.20. The van der Waals surface area contributed by atoms with E-state index in [1.165, 1.54) is 21.1 Å². The highest BCUT2D eigenvalue weighted by atomic mass is 32.1. The summed E-state index contributed by atoms with van der Waals surface area (Å²) in [4.78, 5) is 10.4. The fourth-order valence-corrected chi connectivity index (χ4v) is 3.19. The van der Waals surface area contributed by atoms with Crippen LogP contribution in [0.5, 0.6) is 0 Å². The number of hydrogen-bond donors (Lipinski definition) is 1. The van der Waals surface area contributed by atoms with E-state index in [9.17, 15) is 0 Å². The Kier molecular flexibility index (Phi) is 5.48. The van der Waals surface area contributed by atoms with Crippen LogP contribution in [0.3, 0.4) is 0 Å². The molecule has 1 N–H and O–H groups in total. The topological polar surface area (TPSA) is 37.8 Å². The Balaban J connectivity index is 2.12. The van der Waals surface area contributed by atoms with Gasteiger partial charge >= 0.3 is 0 Å². The van der Waals surface area contributed by atoms with E-state index in [1.807, 2.05) is 29.8 Å². The second-order valence-electron chi connectivity index (χ2n) is 6.37. The van der Waals surface area contributed by atoms with Crippen LogP contribution in [0.4, 0.5) is 0 Å². The lowest BCUT2D eigenvalue weighted by atomic mass is 10.1. The van der Waals surface area contributed by atoms with E-state index < -0.39 is 0 Å². The minimum absolute atomic E-state index is 0.136. The van der Waals surface area contributed by atoms with Crippen LogP contribution in [-0.4, -0.2) is 15.5 Å². The van der Waals surface area contributed by atoms with Crippen LogP contribution in [0.1, 0.15) is 55.3 Å². The van der Waals surface area contributed by atoms with Crippen molar-refractivity contribution < 1.29 is 0 Å². The van der Waals surface area contributed by atoms with Crippen molar-refractivity contribution in [2.45, 2.75) is 59.0 Å². The molecule has 2 rings (SSSR count). The molecule has 3 nitrogen and oxygen atoms in total. The van der Waals surface area contributed by atoms with Gasteiger partial charge in [0, 0.05) is 35.8 Å². The Labute approximate surface area is 131 Å². The molecule has 0 aromatic carbocycles. The highest BCUT2D eigenvalue weighted by Gasteiger charge is 2.14. The van der Waals surface area contributed by atoms with Crippen LogP contribution in [0.25, 0.3) is 0 Å². The molecular weight excluding hydrogens is 278 g/mol. The molecule has 0 saturated heterocycles. The van der Waals surface area contributed by atoms with Crippen molar-refractivity contribution in [1.29, 1.82) is 0 Å². The quantitative estimate of drug-likeness (QED) is 0.877. The molecule has 2 aromatic heterocycles. The summed E-state index contributed by atoms with van der Waals surface area (Å²) < 4.78 is 0. The summed E-state index contributed by atoms with van der Waals surface area (Å²) >= 11 is 1.83. The van der Waals surface area contributed by atoms with Gasteiger partial charge in [-0.3, -0.25) is 4.98 Å². The van der Waals surface area contributed by atoms with Gasteiger partial charge in [0.25, 0.3) is 0 Å². The average Bonchev–Trinajstić information content (AvgIpc) is 2.79. The van der Waals surface area contributed by atoms with Crippen molar-refractivity contribution in [2.24, 2.45) is 0 Å². The highest BCUT2D eigenvalue weighted by Crippen LogP contribution is 2.23. The fourth-order valence-electron chi connectivity index (χ4n) is 2.11. The van der Waals surface area contributed by atoms with Crippen molar-refractivity contribution >= 4 is 11.3 Å². The number of rotatable bonds is 6. The monoisotopic (exact) mass is 303 g/mol. The number of hydrogen-bond acceptors (Lipinski definition) is 4. The van der Waals surface area contributed by atoms with Gasteiger partial charge in [0.2, 0.25) is 0 Å². The van der Waals surface area contributed by atoms with E-state index in [0.717, 1.165) is 25.8 Å². The molecule has 0 atom stereocenters. The largest absolute Gasteiger partial charge is 0.307 e. The molecule has 0 amide bonds. The van der Waals surface area contributed by atoms with E-state index in [2.05, 4.69) is 44.1 Å². The zero-order valence-electron chi connectivity index (χ0n) is 13.4. The molecule has 0 aliphatic rings. The van der Waals surface area contributed by atoms with Crippen molar-refractivity contribution in [3.05, 3.63) is 45.7 Å². The first-order chi connectivity index (χ1) is 9.98. The maximum Gasteiger partial charge on any atom is 0.0976 e. The summed E-state index contributed by atoms with van der Waals surface area (Å²) in [5.41, 5.74) is 2.62. The molecule has 21 heavy (non-hydrogen) atoms. The minimum atomic E-state index is 0.136. The summed E-state index contributed by atoms with van der Waals surface area (Å²) in [6, 6.07) is 4.10. The van der Waals surface area contributed by atoms with E-state index in [4.69, 9.17) is 4.98 Å². The number of pyridine rings is 1. The summed E-state index contributed by atoms with van der Waals surface area (Å²) in [7, 11) is 0. The third kappa shape index (κ3) is 5.21. The van der Waals surface area contributed by atoms with Crippen molar-refractivity contribution in [3.8, 4) is 0 Å². The minimum Gasteiger partial charge on any atom is -0.307 e. The molecule has 0 unspecified atom stereocenters. The number of aryl methyl sites for hydroxylation is 1. The highest BCUT2D eigenvalue weighted by molar-refractivity contribution is 7.11. The van der Waals surface area contributed by atoms with Crippen LogP contribution in [0, 0.1) is 0 Å². The van der Waals surface area contributed by atoms with Crippen molar-refractivity contribution in [1.82, 2.24) is 15.3 Å². The summed E-state index contributed by atoms with van der Waals surface area (Å²) in [5.74, 6) is 0. The molecule has 0 aliphatic carbocycles. The fraction of sp³-hybridized carbons (Fsp3) is 0.529. The van der Waals surface area contributed by atoms with E-state index in [1.54, 1.807) is 0 Å². The number of nitrogens with one attached hydrogen (secondary N) is 1. The van der Waals surface area contributed by atoms with Crippen LogP contribution in [-0.2, 0) is 19.4 Å². The third-order valence-electron chi connectivity index (χ3n) is 3.17. The van der Waals surface area contributed by atoms with Crippen LogP contribution in [0.15, 0.2) is 24.5 Å². The third-order valence-corrected chi connectivity index (χ3v) is 4.26.